The maximum absolute atomic E-state index is 12.4. The van der Waals surface area contributed by atoms with E-state index < -0.39 is 5.63 Å². The summed E-state index contributed by atoms with van der Waals surface area (Å²) in [5.41, 5.74) is 0.219. The van der Waals surface area contributed by atoms with E-state index in [4.69, 9.17) is 14.3 Å². The summed E-state index contributed by atoms with van der Waals surface area (Å²) in [6.45, 7) is 4.67. The number of benzene rings is 1. The third-order valence-electron chi connectivity index (χ3n) is 4.52. The molecule has 25 heavy (non-hydrogen) atoms. The van der Waals surface area contributed by atoms with Crippen LogP contribution in [0.3, 0.4) is 0 Å². The summed E-state index contributed by atoms with van der Waals surface area (Å²) >= 11 is 0. The zero-order valence-corrected chi connectivity index (χ0v) is 15.1. The van der Waals surface area contributed by atoms with Gasteiger partial charge in [-0.3, -0.25) is 0 Å². The van der Waals surface area contributed by atoms with Crippen LogP contribution >= 0.6 is 0 Å². The number of ether oxygens (including phenoxy) is 1. The molecule has 2 rings (SSSR count). The van der Waals surface area contributed by atoms with Crippen molar-refractivity contribution in [1.82, 2.24) is 0 Å². The van der Waals surface area contributed by atoms with Crippen molar-refractivity contribution in [3.63, 3.8) is 0 Å². The number of hydrogen-bond acceptors (Lipinski definition) is 5. The highest BCUT2D eigenvalue weighted by molar-refractivity contribution is 5.90. The SMILES string of the molecule is CCCCC(CC)c1c(O)c2c(OCCCCO)cccc2oc1=O. The molecule has 0 aliphatic rings. The molecule has 1 unspecified atom stereocenters. The highest BCUT2D eigenvalue weighted by atomic mass is 16.5. The Kier molecular flexibility index (Phi) is 7.31. The Morgan fingerprint density at radius 2 is 2.00 bits per heavy atom. The van der Waals surface area contributed by atoms with E-state index >= 15 is 0 Å². The number of fused-ring (bicyclic) bond motifs is 1. The van der Waals surface area contributed by atoms with Gasteiger partial charge in [0, 0.05) is 6.61 Å². The van der Waals surface area contributed by atoms with Gasteiger partial charge in [0.25, 0.3) is 0 Å². The smallest absolute Gasteiger partial charge is 0.343 e. The van der Waals surface area contributed by atoms with Crippen LogP contribution in [-0.2, 0) is 0 Å². The normalized spacial score (nSPS) is 12.4. The molecule has 0 aliphatic heterocycles. The van der Waals surface area contributed by atoms with Crippen molar-refractivity contribution in [2.75, 3.05) is 13.2 Å². The third kappa shape index (κ3) is 4.54. The minimum Gasteiger partial charge on any atom is -0.506 e. The summed E-state index contributed by atoms with van der Waals surface area (Å²) in [5, 5.41) is 20.1. The molecule has 5 heteroatoms. The fraction of sp³-hybridized carbons (Fsp3) is 0.550. The molecular weight excluding hydrogens is 320 g/mol. The van der Waals surface area contributed by atoms with Crippen LogP contribution in [0.2, 0.25) is 0 Å². The highest BCUT2D eigenvalue weighted by Crippen LogP contribution is 2.39. The molecule has 0 bridgehead atoms. The van der Waals surface area contributed by atoms with E-state index in [-0.39, 0.29) is 18.3 Å². The number of aliphatic hydroxyl groups is 1. The highest BCUT2D eigenvalue weighted by Gasteiger charge is 2.23. The lowest BCUT2D eigenvalue weighted by Gasteiger charge is -2.17. The molecule has 1 atom stereocenters. The first kappa shape index (κ1) is 19.3. The molecule has 1 aromatic carbocycles. The maximum atomic E-state index is 12.4. The van der Waals surface area contributed by atoms with Crippen molar-refractivity contribution in [1.29, 1.82) is 0 Å². The van der Waals surface area contributed by atoms with Gasteiger partial charge in [0.05, 0.1) is 12.2 Å². The fourth-order valence-electron chi connectivity index (χ4n) is 3.10. The van der Waals surface area contributed by atoms with E-state index in [0.717, 1.165) is 25.7 Å². The second-order valence-electron chi connectivity index (χ2n) is 6.31. The van der Waals surface area contributed by atoms with E-state index in [9.17, 15) is 9.90 Å². The number of aliphatic hydroxyl groups excluding tert-OH is 1. The van der Waals surface area contributed by atoms with Gasteiger partial charge >= 0.3 is 5.63 Å². The molecule has 0 aliphatic carbocycles. The van der Waals surface area contributed by atoms with Crippen molar-refractivity contribution < 1.29 is 19.4 Å². The van der Waals surface area contributed by atoms with Gasteiger partial charge in [-0.15, -0.1) is 0 Å². The van der Waals surface area contributed by atoms with Gasteiger partial charge in [-0.2, -0.15) is 0 Å². The summed E-state index contributed by atoms with van der Waals surface area (Å²) in [6.07, 6.45) is 5.02. The Labute approximate surface area is 148 Å². The standard InChI is InChI=1S/C20H28O5/c1-3-5-9-14(4-2)17-19(22)18-15(24-13-7-6-12-21)10-8-11-16(18)25-20(17)23/h8,10-11,14,21-22H,3-7,9,12-13H2,1-2H3. The molecule has 5 nitrogen and oxygen atoms in total. The van der Waals surface area contributed by atoms with Gasteiger partial charge in [0.2, 0.25) is 0 Å². The van der Waals surface area contributed by atoms with Gasteiger partial charge in [-0.25, -0.2) is 4.79 Å². The summed E-state index contributed by atoms with van der Waals surface area (Å²) in [4.78, 5) is 12.4. The van der Waals surface area contributed by atoms with E-state index in [2.05, 4.69) is 6.92 Å². The number of hydrogen-bond donors (Lipinski definition) is 2. The van der Waals surface area contributed by atoms with Crippen LogP contribution in [0.15, 0.2) is 27.4 Å². The maximum Gasteiger partial charge on any atom is 0.343 e. The van der Waals surface area contributed by atoms with E-state index in [1.165, 1.54) is 0 Å². The zero-order valence-electron chi connectivity index (χ0n) is 15.1. The summed E-state index contributed by atoms with van der Waals surface area (Å²) in [6, 6.07) is 5.16. The second-order valence-corrected chi connectivity index (χ2v) is 6.31. The minimum absolute atomic E-state index is 0.0213. The van der Waals surface area contributed by atoms with Gasteiger partial charge in [-0.05, 0) is 43.7 Å². The molecule has 0 fully saturated rings. The molecule has 0 saturated heterocycles. The largest absolute Gasteiger partial charge is 0.506 e. The first-order chi connectivity index (χ1) is 12.1. The fourth-order valence-corrected chi connectivity index (χ4v) is 3.10. The molecule has 2 N–H and O–H groups in total. The Morgan fingerprint density at radius 1 is 1.20 bits per heavy atom. The van der Waals surface area contributed by atoms with Crippen molar-refractivity contribution in [3.05, 3.63) is 34.2 Å². The van der Waals surface area contributed by atoms with Crippen LogP contribution < -0.4 is 10.4 Å². The molecule has 0 radical (unpaired) electrons. The van der Waals surface area contributed by atoms with Crippen LogP contribution in [0, 0.1) is 0 Å². The summed E-state index contributed by atoms with van der Waals surface area (Å²) < 4.78 is 11.2. The topological polar surface area (TPSA) is 79.9 Å². The lowest BCUT2D eigenvalue weighted by molar-refractivity contribution is 0.254. The van der Waals surface area contributed by atoms with Gasteiger partial charge in [0.15, 0.2) is 0 Å². The Morgan fingerprint density at radius 3 is 2.68 bits per heavy atom. The van der Waals surface area contributed by atoms with Crippen molar-refractivity contribution >= 4 is 11.0 Å². The van der Waals surface area contributed by atoms with Crippen LogP contribution in [-0.4, -0.2) is 23.4 Å². The first-order valence-corrected chi connectivity index (χ1v) is 9.16. The van der Waals surface area contributed by atoms with Crippen LogP contribution in [0.5, 0.6) is 11.5 Å². The average Bonchev–Trinajstić information content (AvgIpc) is 2.61. The summed E-state index contributed by atoms with van der Waals surface area (Å²) in [5.74, 6) is 0.457. The second kappa shape index (κ2) is 9.47. The predicted molar refractivity (Wildman–Crippen MR) is 98.5 cm³/mol. The minimum atomic E-state index is -0.467. The van der Waals surface area contributed by atoms with Crippen molar-refractivity contribution in [3.8, 4) is 11.5 Å². The van der Waals surface area contributed by atoms with Crippen LogP contribution in [0.1, 0.15) is 63.9 Å². The molecule has 138 valence electrons. The Hall–Kier alpha value is -2.01. The van der Waals surface area contributed by atoms with Crippen LogP contribution in [0.25, 0.3) is 11.0 Å². The van der Waals surface area contributed by atoms with Gasteiger partial charge in [-0.1, -0.05) is 32.8 Å². The Bertz CT molecular complexity index is 735. The zero-order chi connectivity index (χ0) is 18.2. The summed E-state index contributed by atoms with van der Waals surface area (Å²) in [7, 11) is 0. The van der Waals surface area contributed by atoms with Crippen molar-refractivity contribution in [2.24, 2.45) is 0 Å². The van der Waals surface area contributed by atoms with Gasteiger partial charge in [0.1, 0.15) is 22.5 Å². The molecule has 0 saturated carbocycles. The van der Waals surface area contributed by atoms with Crippen molar-refractivity contribution in [2.45, 2.75) is 58.3 Å². The van der Waals surface area contributed by atoms with E-state index in [1.54, 1.807) is 18.2 Å². The Balaban J connectivity index is 2.45. The molecule has 0 amide bonds. The number of rotatable bonds is 10. The molecule has 2 aromatic rings. The van der Waals surface area contributed by atoms with Gasteiger partial charge < -0.3 is 19.4 Å². The lowest BCUT2D eigenvalue weighted by Crippen LogP contribution is -2.13. The average molecular weight is 348 g/mol. The lowest BCUT2D eigenvalue weighted by atomic mass is 9.91. The number of aromatic hydroxyl groups is 1. The predicted octanol–water partition coefficient (Wildman–Crippen LogP) is 4.33. The monoisotopic (exact) mass is 348 g/mol. The van der Waals surface area contributed by atoms with E-state index in [1.807, 2.05) is 6.92 Å². The third-order valence-corrected chi connectivity index (χ3v) is 4.52. The molecule has 1 aromatic heterocycles. The number of unbranched alkanes of at least 4 members (excludes halogenated alkanes) is 2. The first-order valence-electron chi connectivity index (χ1n) is 9.16. The molecule has 1 heterocycles. The quantitative estimate of drug-likeness (QED) is 0.493. The van der Waals surface area contributed by atoms with Crippen LogP contribution in [0.4, 0.5) is 0 Å². The molecule has 0 spiro atoms. The molecular formula is C20H28O5. The van der Waals surface area contributed by atoms with E-state index in [0.29, 0.717) is 41.7 Å².